The van der Waals surface area contributed by atoms with Crippen molar-refractivity contribution in [1.29, 1.82) is 0 Å². The number of carbonyl (C=O) groups excluding carboxylic acids is 1. The van der Waals surface area contributed by atoms with E-state index in [2.05, 4.69) is 15.4 Å². The molecule has 25 heavy (non-hydrogen) atoms. The number of para-hydroxylation sites is 1. The summed E-state index contributed by atoms with van der Waals surface area (Å²) in [6, 6.07) is 13.1. The first-order valence-corrected chi connectivity index (χ1v) is 8.16. The average Bonchev–Trinajstić information content (AvgIpc) is 3.16. The minimum Gasteiger partial charge on any atom is -0.480 e. The van der Waals surface area contributed by atoms with Crippen LogP contribution >= 0.6 is 0 Å². The third-order valence-corrected chi connectivity index (χ3v) is 3.78. The number of hydrogen-bond donors (Lipinski definition) is 1. The molecule has 0 saturated carbocycles. The summed E-state index contributed by atoms with van der Waals surface area (Å²) < 4.78 is 7.52. The number of aryl methyl sites for hydroxylation is 1. The van der Waals surface area contributed by atoms with Crippen molar-refractivity contribution in [2.45, 2.75) is 26.4 Å². The number of pyridine rings is 1. The first-order valence-electron chi connectivity index (χ1n) is 8.16. The molecule has 6 heteroatoms. The maximum absolute atomic E-state index is 12.5. The minimum absolute atomic E-state index is 0.195. The molecule has 0 fully saturated rings. The standard InChI is InChI=1S/C19H20N4O2/c1-3-16(25-17-8-5-4-7-14(17)2)19(24)22-15-9-10-18(20-13-15)23-12-6-11-21-23/h4-13,16H,3H2,1-2H3,(H,22,24)/t16-/m1/s1. The van der Waals surface area contributed by atoms with Gasteiger partial charge in [-0.2, -0.15) is 5.10 Å². The Labute approximate surface area is 146 Å². The topological polar surface area (TPSA) is 69.0 Å². The van der Waals surface area contributed by atoms with Crippen molar-refractivity contribution in [2.24, 2.45) is 0 Å². The minimum atomic E-state index is -0.563. The van der Waals surface area contributed by atoms with Crippen LogP contribution in [0.4, 0.5) is 5.69 Å². The second kappa shape index (κ2) is 7.61. The smallest absolute Gasteiger partial charge is 0.265 e. The zero-order chi connectivity index (χ0) is 17.6. The van der Waals surface area contributed by atoms with Gasteiger partial charge in [-0.3, -0.25) is 4.79 Å². The highest BCUT2D eigenvalue weighted by atomic mass is 16.5. The van der Waals surface area contributed by atoms with Crippen molar-refractivity contribution in [3.63, 3.8) is 0 Å². The molecular formula is C19H20N4O2. The van der Waals surface area contributed by atoms with Crippen molar-refractivity contribution in [1.82, 2.24) is 14.8 Å². The van der Waals surface area contributed by atoms with E-state index in [0.29, 0.717) is 17.9 Å². The van der Waals surface area contributed by atoms with Gasteiger partial charge in [0.25, 0.3) is 5.91 Å². The molecule has 1 atom stereocenters. The van der Waals surface area contributed by atoms with Crippen LogP contribution in [0.5, 0.6) is 5.75 Å². The van der Waals surface area contributed by atoms with Gasteiger partial charge >= 0.3 is 0 Å². The van der Waals surface area contributed by atoms with Gasteiger partial charge in [-0.15, -0.1) is 0 Å². The average molecular weight is 336 g/mol. The van der Waals surface area contributed by atoms with Gasteiger partial charge in [0.1, 0.15) is 5.75 Å². The maximum atomic E-state index is 12.5. The summed E-state index contributed by atoms with van der Waals surface area (Å²) in [5.41, 5.74) is 1.62. The van der Waals surface area contributed by atoms with Gasteiger partial charge < -0.3 is 10.1 Å². The van der Waals surface area contributed by atoms with E-state index in [9.17, 15) is 4.79 Å². The third kappa shape index (κ3) is 4.03. The predicted octanol–water partition coefficient (Wildman–Crippen LogP) is 3.37. The quantitative estimate of drug-likeness (QED) is 0.749. The summed E-state index contributed by atoms with van der Waals surface area (Å²) in [5, 5.41) is 6.97. The molecule has 1 amide bonds. The van der Waals surface area contributed by atoms with Crippen molar-refractivity contribution >= 4 is 11.6 Å². The number of nitrogens with one attached hydrogen (secondary N) is 1. The maximum Gasteiger partial charge on any atom is 0.265 e. The molecule has 2 aromatic heterocycles. The van der Waals surface area contributed by atoms with E-state index < -0.39 is 6.10 Å². The lowest BCUT2D eigenvalue weighted by atomic mass is 10.2. The molecule has 1 aromatic carbocycles. The second-order valence-corrected chi connectivity index (χ2v) is 5.63. The Morgan fingerprint density at radius 1 is 1.24 bits per heavy atom. The number of amides is 1. The fourth-order valence-corrected chi connectivity index (χ4v) is 2.39. The zero-order valence-electron chi connectivity index (χ0n) is 14.2. The van der Waals surface area contributed by atoms with Gasteiger partial charge in [0.2, 0.25) is 0 Å². The second-order valence-electron chi connectivity index (χ2n) is 5.63. The molecule has 0 aliphatic heterocycles. The van der Waals surface area contributed by atoms with Gasteiger partial charge in [0, 0.05) is 12.4 Å². The van der Waals surface area contributed by atoms with Crippen molar-refractivity contribution in [3.05, 3.63) is 66.6 Å². The van der Waals surface area contributed by atoms with E-state index >= 15 is 0 Å². The molecule has 0 aliphatic carbocycles. The number of anilines is 1. The Balaban J connectivity index is 1.66. The molecule has 1 N–H and O–H groups in total. The summed E-state index contributed by atoms with van der Waals surface area (Å²) in [6.45, 7) is 3.87. The Hall–Kier alpha value is -3.15. The molecule has 3 rings (SSSR count). The molecule has 0 unspecified atom stereocenters. The fourth-order valence-electron chi connectivity index (χ4n) is 2.39. The van der Waals surface area contributed by atoms with E-state index in [-0.39, 0.29) is 5.91 Å². The summed E-state index contributed by atoms with van der Waals surface area (Å²) in [5.74, 6) is 1.21. The molecule has 0 bridgehead atoms. The molecule has 0 aliphatic rings. The van der Waals surface area contributed by atoms with Crippen LogP contribution in [-0.2, 0) is 4.79 Å². The Morgan fingerprint density at radius 3 is 2.72 bits per heavy atom. The predicted molar refractivity (Wildman–Crippen MR) is 95.9 cm³/mol. The largest absolute Gasteiger partial charge is 0.480 e. The molecule has 0 spiro atoms. The van der Waals surface area contributed by atoms with Gasteiger partial charge in [0.05, 0.1) is 11.9 Å². The van der Waals surface area contributed by atoms with Gasteiger partial charge in [-0.1, -0.05) is 25.1 Å². The molecule has 128 valence electrons. The Bertz CT molecular complexity index is 829. The number of ether oxygens (including phenoxy) is 1. The zero-order valence-corrected chi connectivity index (χ0v) is 14.2. The van der Waals surface area contributed by atoms with Gasteiger partial charge in [-0.05, 0) is 43.2 Å². The lowest BCUT2D eigenvalue weighted by Gasteiger charge is -2.18. The number of nitrogens with zero attached hydrogens (tertiary/aromatic N) is 3. The highest BCUT2D eigenvalue weighted by molar-refractivity contribution is 5.94. The van der Waals surface area contributed by atoms with E-state index in [1.165, 1.54) is 0 Å². The van der Waals surface area contributed by atoms with E-state index in [1.54, 1.807) is 29.2 Å². The molecule has 6 nitrogen and oxygen atoms in total. The van der Waals surface area contributed by atoms with E-state index in [1.807, 2.05) is 50.4 Å². The van der Waals surface area contributed by atoms with Crippen LogP contribution in [0.3, 0.4) is 0 Å². The number of carbonyl (C=O) groups is 1. The lowest BCUT2D eigenvalue weighted by Crippen LogP contribution is -2.32. The Kier molecular flexibility index (Phi) is 5.09. The summed E-state index contributed by atoms with van der Waals surface area (Å²) in [7, 11) is 0. The molecule has 0 radical (unpaired) electrons. The van der Waals surface area contributed by atoms with Crippen LogP contribution in [0.2, 0.25) is 0 Å². The Morgan fingerprint density at radius 2 is 2.08 bits per heavy atom. The molecule has 0 saturated heterocycles. The fraction of sp³-hybridized carbons (Fsp3) is 0.211. The lowest BCUT2D eigenvalue weighted by molar-refractivity contribution is -0.122. The van der Waals surface area contributed by atoms with Crippen LogP contribution < -0.4 is 10.1 Å². The van der Waals surface area contributed by atoms with E-state index in [4.69, 9.17) is 4.74 Å². The van der Waals surface area contributed by atoms with Crippen molar-refractivity contribution in [3.8, 4) is 11.6 Å². The number of rotatable bonds is 6. The molecular weight excluding hydrogens is 316 g/mol. The number of hydrogen-bond acceptors (Lipinski definition) is 4. The van der Waals surface area contributed by atoms with Crippen LogP contribution in [0, 0.1) is 6.92 Å². The van der Waals surface area contributed by atoms with Gasteiger partial charge in [0.15, 0.2) is 11.9 Å². The van der Waals surface area contributed by atoms with Crippen LogP contribution in [0.15, 0.2) is 61.1 Å². The first-order chi connectivity index (χ1) is 12.2. The van der Waals surface area contributed by atoms with Crippen molar-refractivity contribution in [2.75, 3.05) is 5.32 Å². The van der Waals surface area contributed by atoms with Crippen LogP contribution in [0.1, 0.15) is 18.9 Å². The van der Waals surface area contributed by atoms with E-state index in [0.717, 1.165) is 11.3 Å². The van der Waals surface area contributed by atoms with Crippen LogP contribution in [0.25, 0.3) is 5.82 Å². The SMILES string of the molecule is CC[C@@H](Oc1ccccc1C)C(=O)Nc1ccc(-n2cccn2)nc1. The molecule has 2 heterocycles. The summed E-state index contributed by atoms with van der Waals surface area (Å²) >= 11 is 0. The van der Waals surface area contributed by atoms with Gasteiger partial charge in [-0.25, -0.2) is 9.67 Å². The normalized spacial score (nSPS) is 11.8. The highest BCUT2D eigenvalue weighted by Gasteiger charge is 2.19. The van der Waals surface area contributed by atoms with Crippen LogP contribution in [-0.4, -0.2) is 26.8 Å². The summed E-state index contributed by atoms with van der Waals surface area (Å²) in [6.07, 6.45) is 5.11. The monoisotopic (exact) mass is 336 g/mol. The summed E-state index contributed by atoms with van der Waals surface area (Å²) in [4.78, 5) is 16.8. The number of benzene rings is 1. The molecule has 3 aromatic rings. The third-order valence-electron chi connectivity index (χ3n) is 3.78. The van der Waals surface area contributed by atoms with Crippen molar-refractivity contribution < 1.29 is 9.53 Å². The highest BCUT2D eigenvalue weighted by Crippen LogP contribution is 2.19. The first kappa shape index (κ1) is 16.7. The number of aromatic nitrogens is 3.